The van der Waals surface area contributed by atoms with Gasteiger partial charge in [0.25, 0.3) is 0 Å². The van der Waals surface area contributed by atoms with Crippen molar-refractivity contribution in [3.63, 3.8) is 0 Å². The van der Waals surface area contributed by atoms with E-state index in [1.807, 2.05) is 23.7 Å². The van der Waals surface area contributed by atoms with Gasteiger partial charge in [-0.15, -0.1) is 0 Å². The lowest BCUT2D eigenvalue weighted by molar-refractivity contribution is 0.704. The van der Waals surface area contributed by atoms with Crippen LogP contribution in [-0.2, 0) is 13.0 Å². The number of nitrogens with zero attached hydrogens (tertiary/aromatic N) is 2. The monoisotopic (exact) mass is 257 g/mol. The first kappa shape index (κ1) is 13.5. The Morgan fingerprint density at radius 1 is 1.26 bits per heavy atom. The van der Waals surface area contributed by atoms with E-state index in [1.165, 1.54) is 5.56 Å². The molecule has 0 bridgehead atoms. The molecular formula is C15H19N3O. The Morgan fingerprint density at radius 3 is 2.53 bits per heavy atom. The van der Waals surface area contributed by atoms with Gasteiger partial charge in [-0.25, -0.2) is 4.68 Å². The first-order valence-corrected chi connectivity index (χ1v) is 6.49. The van der Waals surface area contributed by atoms with Crippen molar-refractivity contribution >= 4 is 0 Å². The lowest BCUT2D eigenvalue weighted by Crippen LogP contribution is -2.22. The number of rotatable bonds is 4. The zero-order valence-corrected chi connectivity index (χ0v) is 11.6. The number of aromatic nitrogens is 2. The second-order valence-electron chi connectivity index (χ2n) is 4.56. The zero-order valence-electron chi connectivity index (χ0n) is 11.6. The topological polar surface area (TPSA) is 46.9 Å². The van der Waals surface area contributed by atoms with E-state index in [0.29, 0.717) is 12.2 Å². The standard InChI is InChI=1S/C15H19N3O/c1-4-12-5-7-13(8-6-12)18-11(2)9-15(19)14(17-18)10-16-3/h5-9,16H,4,10H2,1-3H3. The van der Waals surface area contributed by atoms with Gasteiger partial charge in [-0.1, -0.05) is 19.1 Å². The lowest BCUT2D eigenvalue weighted by atomic mass is 10.1. The molecule has 1 N–H and O–H groups in total. The van der Waals surface area contributed by atoms with Crippen LogP contribution in [0, 0.1) is 6.92 Å². The highest BCUT2D eigenvalue weighted by Crippen LogP contribution is 2.11. The summed E-state index contributed by atoms with van der Waals surface area (Å²) in [7, 11) is 1.81. The fraction of sp³-hybridized carbons (Fsp3) is 0.333. The van der Waals surface area contributed by atoms with Crippen LogP contribution in [0.1, 0.15) is 23.9 Å². The molecule has 2 rings (SSSR count). The van der Waals surface area contributed by atoms with E-state index in [4.69, 9.17) is 0 Å². The fourth-order valence-electron chi connectivity index (χ4n) is 2.01. The number of hydrogen-bond donors (Lipinski definition) is 1. The third-order valence-corrected chi connectivity index (χ3v) is 3.11. The Hall–Kier alpha value is -1.94. The molecule has 0 saturated heterocycles. The van der Waals surface area contributed by atoms with Crippen LogP contribution < -0.4 is 10.7 Å². The maximum Gasteiger partial charge on any atom is 0.204 e. The molecule has 2 aromatic rings. The van der Waals surface area contributed by atoms with E-state index in [-0.39, 0.29) is 5.43 Å². The van der Waals surface area contributed by atoms with Crippen molar-refractivity contribution < 1.29 is 0 Å². The Morgan fingerprint density at radius 2 is 1.95 bits per heavy atom. The van der Waals surface area contributed by atoms with Gasteiger partial charge >= 0.3 is 0 Å². The molecule has 1 aromatic carbocycles. The summed E-state index contributed by atoms with van der Waals surface area (Å²) in [5.41, 5.74) is 3.62. The molecule has 100 valence electrons. The first-order valence-electron chi connectivity index (χ1n) is 6.49. The van der Waals surface area contributed by atoms with Crippen molar-refractivity contribution in [3.8, 4) is 5.69 Å². The molecule has 0 amide bonds. The molecule has 0 atom stereocenters. The van der Waals surface area contributed by atoms with Crippen molar-refractivity contribution in [2.45, 2.75) is 26.8 Å². The molecule has 1 aromatic heterocycles. The SMILES string of the molecule is CCc1ccc(-n2nc(CNC)c(=O)cc2C)cc1. The summed E-state index contributed by atoms with van der Waals surface area (Å²) in [6, 6.07) is 9.88. The van der Waals surface area contributed by atoms with Gasteiger partial charge in [-0.05, 0) is 38.1 Å². The van der Waals surface area contributed by atoms with E-state index in [1.54, 1.807) is 13.1 Å². The number of nitrogens with one attached hydrogen (secondary N) is 1. The van der Waals surface area contributed by atoms with Crippen LogP contribution in [0.3, 0.4) is 0 Å². The van der Waals surface area contributed by atoms with Gasteiger partial charge < -0.3 is 5.32 Å². The van der Waals surface area contributed by atoms with Crippen molar-refractivity contribution in [1.82, 2.24) is 15.1 Å². The van der Waals surface area contributed by atoms with E-state index in [9.17, 15) is 4.79 Å². The first-order chi connectivity index (χ1) is 9.15. The largest absolute Gasteiger partial charge is 0.314 e. The van der Waals surface area contributed by atoms with Crippen LogP contribution in [0.4, 0.5) is 0 Å². The summed E-state index contributed by atoms with van der Waals surface area (Å²) in [6.07, 6.45) is 1.02. The normalized spacial score (nSPS) is 10.7. The van der Waals surface area contributed by atoms with Crippen LogP contribution in [-0.4, -0.2) is 16.8 Å². The number of aryl methyl sites for hydroxylation is 2. The molecule has 0 aliphatic rings. The summed E-state index contributed by atoms with van der Waals surface area (Å²) in [4.78, 5) is 11.8. The van der Waals surface area contributed by atoms with Gasteiger partial charge in [0.15, 0.2) is 0 Å². The summed E-state index contributed by atoms with van der Waals surface area (Å²) >= 11 is 0. The second kappa shape index (κ2) is 5.80. The van der Waals surface area contributed by atoms with Crippen molar-refractivity contribution in [3.05, 3.63) is 57.5 Å². The Labute approximate surface area is 113 Å². The maximum atomic E-state index is 11.8. The van der Waals surface area contributed by atoms with Gasteiger partial charge in [0.2, 0.25) is 5.43 Å². The minimum atomic E-state index is -0.0201. The minimum Gasteiger partial charge on any atom is -0.314 e. The smallest absolute Gasteiger partial charge is 0.204 e. The van der Waals surface area contributed by atoms with Crippen molar-refractivity contribution in [2.75, 3.05) is 7.05 Å². The molecule has 0 fully saturated rings. The van der Waals surface area contributed by atoms with Crippen molar-refractivity contribution in [2.24, 2.45) is 0 Å². The van der Waals surface area contributed by atoms with Crippen LogP contribution in [0.25, 0.3) is 5.69 Å². The molecule has 4 heteroatoms. The molecule has 0 aliphatic carbocycles. The summed E-state index contributed by atoms with van der Waals surface area (Å²) < 4.78 is 1.81. The molecule has 0 unspecified atom stereocenters. The van der Waals surface area contributed by atoms with E-state index >= 15 is 0 Å². The molecule has 19 heavy (non-hydrogen) atoms. The lowest BCUT2D eigenvalue weighted by Gasteiger charge is -2.11. The highest BCUT2D eigenvalue weighted by atomic mass is 16.1. The van der Waals surface area contributed by atoms with Crippen LogP contribution >= 0.6 is 0 Å². The number of benzene rings is 1. The summed E-state index contributed by atoms with van der Waals surface area (Å²) in [5, 5.41) is 7.39. The van der Waals surface area contributed by atoms with E-state index in [2.05, 4.69) is 29.5 Å². The van der Waals surface area contributed by atoms with Crippen LogP contribution in [0.5, 0.6) is 0 Å². The average Bonchev–Trinajstić information content (AvgIpc) is 2.42. The highest BCUT2D eigenvalue weighted by Gasteiger charge is 2.06. The van der Waals surface area contributed by atoms with Gasteiger partial charge in [0, 0.05) is 18.3 Å². The van der Waals surface area contributed by atoms with Gasteiger partial charge in [0.05, 0.1) is 5.69 Å². The molecule has 1 heterocycles. The van der Waals surface area contributed by atoms with Gasteiger partial charge in [0.1, 0.15) is 5.69 Å². The molecule has 4 nitrogen and oxygen atoms in total. The van der Waals surface area contributed by atoms with E-state index < -0.39 is 0 Å². The Kier molecular flexibility index (Phi) is 4.12. The molecular weight excluding hydrogens is 238 g/mol. The Bertz CT molecular complexity index is 614. The highest BCUT2D eigenvalue weighted by molar-refractivity contribution is 5.35. The number of hydrogen-bond acceptors (Lipinski definition) is 3. The second-order valence-corrected chi connectivity index (χ2v) is 4.56. The maximum absolute atomic E-state index is 11.8. The third-order valence-electron chi connectivity index (χ3n) is 3.11. The summed E-state index contributed by atoms with van der Waals surface area (Å²) in [5.74, 6) is 0. The molecule has 0 aliphatic heterocycles. The predicted octanol–water partition coefficient (Wildman–Crippen LogP) is 1.82. The third kappa shape index (κ3) is 2.90. The molecule has 0 radical (unpaired) electrons. The average molecular weight is 257 g/mol. The minimum absolute atomic E-state index is 0.0201. The molecule has 0 spiro atoms. The van der Waals surface area contributed by atoms with Gasteiger partial charge in [-0.2, -0.15) is 5.10 Å². The fourth-order valence-corrected chi connectivity index (χ4v) is 2.01. The van der Waals surface area contributed by atoms with Crippen molar-refractivity contribution in [1.29, 1.82) is 0 Å². The Balaban J connectivity index is 2.48. The predicted molar refractivity (Wildman–Crippen MR) is 76.7 cm³/mol. The summed E-state index contributed by atoms with van der Waals surface area (Å²) in [6.45, 7) is 4.50. The van der Waals surface area contributed by atoms with E-state index in [0.717, 1.165) is 17.8 Å². The quantitative estimate of drug-likeness (QED) is 0.909. The van der Waals surface area contributed by atoms with Crippen LogP contribution in [0.2, 0.25) is 0 Å². The van der Waals surface area contributed by atoms with Crippen LogP contribution in [0.15, 0.2) is 35.1 Å². The zero-order chi connectivity index (χ0) is 13.8. The molecule has 0 saturated carbocycles. The van der Waals surface area contributed by atoms with Gasteiger partial charge in [-0.3, -0.25) is 4.79 Å².